The van der Waals surface area contributed by atoms with E-state index >= 15 is 0 Å². The zero-order chi connectivity index (χ0) is 14.5. The van der Waals surface area contributed by atoms with Crippen molar-refractivity contribution < 1.29 is 15.4 Å². The van der Waals surface area contributed by atoms with Gasteiger partial charge in [0.1, 0.15) is 0 Å². The van der Waals surface area contributed by atoms with Crippen molar-refractivity contribution in [3.63, 3.8) is 0 Å². The van der Waals surface area contributed by atoms with Gasteiger partial charge in [-0.15, -0.1) is 0 Å². The van der Waals surface area contributed by atoms with Crippen molar-refractivity contribution in [3.8, 4) is 0 Å². The van der Waals surface area contributed by atoms with Crippen molar-refractivity contribution in [1.82, 2.24) is 0 Å². The quantitative estimate of drug-likeness (QED) is 0.531. The third-order valence-corrected chi connectivity index (χ3v) is 144. The monoisotopic (exact) mass is 394 g/mol. The first-order valence-corrected chi connectivity index (χ1v) is 27.8. The van der Waals surface area contributed by atoms with Gasteiger partial charge in [-0.05, 0) is 0 Å². The molecule has 9 heteroatoms. The number of phosphoric acid groups is 1. The molecular formula is C9H27O4PSeSi3. The molecule has 3 fully saturated rings. The Bertz CT molecular complexity index is 422. The minimum absolute atomic E-state index is 1.90. The fraction of sp³-hybridized carbons (Fsp3) is 1.00. The molecule has 0 atom stereocenters. The molecule has 0 aromatic heterocycles. The maximum absolute atomic E-state index is 12.1. The molecule has 4 nitrogen and oxygen atoms in total. The first-order valence-electron chi connectivity index (χ1n) is 6.34. The first kappa shape index (κ1) is 15.7. The van der Waals surface area contributed by atoms with E-state index in [0.29, 0.717) is 0 Å². The average Bonchev–Trinajstić information content (AvgIpc) is 1.87. The zero-order valence-electron chi connectivity index (χ0n) is 13.0. The van der Waals surface area contributed by atoms with Crippen molar-refractivity contribution >= 4 is 37.7 Å². The molecule has 0 saturated carbocycles. The first-order chi connectivity index (χ1) is 7.54. The molecule has 0 N–H and O–H groups in total. The normalized spacial score (nSPS) is 40.3. The predicted octanol–water partition coefficient (Wildman–Crippen LogP) is 4.27. The second kappa shape index (κ2) is 2.91. The van der Waals surface area contributed by atoms with Gasteiger partial charge in [0, 0.05) is 0 Å². The average molecular weight is 394 g/mol. The third-order valence-electron chi connectivity index (χ3n) is 4.88. The number of hydrogen-bond donors (Lipinski definition) is 0. The molecule has 3 saturated heterocycles. The number of rotatable bonds is 3. The molecule has 0 unspecified atom stereocenters. The van der Waals surface area contributed by atoms with Crippen molar-refractivity contribution in [2.45, 2.75) is 58.9 Å². The van der Waals surface area contributed by atoms with Gasteiger partial charge in [-0.3, -0.25) is 0 Å². The van der Waals surface area contributed by atoms with Crippen LogP contribution >= 0.6 is 7.82 Å². The van der Waals surface area contributed by atoms with Crippen LogP contribution in [0.5, 0.6) is 0 Å². The Morgan fingerprint density at radius 3 is 0.944 bits per heavy atom. The van der Waals surface area contributed by atoms with E-state index in [4.69, 9.17) is 10.8 Å². The molecular weight excluding hydrogens is 366 g/mol. The van der Waals surface area contributed by atoms with Crippen LogP contribution in [0.3, 0.4) is 0 Å². The Labute approximate surface area is 112 Å². The molecule has 0 amide bonds. The topological polar surface area (TPSA) is 44.8 Å². The van der Waals surface area contributed by atoms with Crippen LogP contribution < -0.4 is 0 Å². The van der Waals surface area contributed by atoms with Gasteiger partial charge in [0.25, 0.3) is 0 Å². The molecule has 2 bridgehead atoms. The Morgan fingerprint density at radius 2 is 0.889 bits per heavy atom. The van der Waals surface area contributed by atoms with Gasteiger partial charge in [0.15, 0.2) is 0 Å². The number of hydrogen-bond acceptors (Lipinski definition) is 4. The molecule has 3 aliphatic heterocycles. The second-order valence-electron chi connectivity index (χ2n) is 8.27. The van der Waals surface area contributed by atoms with Gasteiger partial charge in [0.2, 0.25) is 0 Å². The summed E-state index contributed by atoms with van der Waals surface area (Å²) in [5.41, 5.74) is 0. The van der Waals surface area contributed by atoms with Crippen LogP contribution in [0.2, 0.25) is 58.9 Å². The van der Waals surface area contributed by atoms with E-state index < -0.39 is 37.7 Å². The van der Waals surface area contributed by atoms with E-state index in [9.17, 15) is 4.57 Å². The van der Waals surface area contributed by atoms with Gasteiger partial charge in [-0.25, -0.2) is 0 Å². The van der Waals surface area contributed by atoms with Crippen LogP contribution in [0, 0.1) is 0 Å². The summed E-state index contributed by atoms with van der Waals surface area (Å²) in [6, 6.07) is 0. The molecule has 3 rings (SSSR count). The zero-order valence-corrected chi connectivity index (χ0v) is 18.6. The van der Waals surface area contributed by atoms with Crippen LogP contribution in [0.4, 0.5) is 0 Å². The summed E-state index contributed by atoms with van der Waals surface area (Å²) in [5.74, 6) is 0. The molecule has 3 aliphatic rings. The van der Waals surface area contributed by atoms with Gasteiger partial charge < -0.3 is 0 Å². The van der Waals surface area contributed by atoms with Crippen molar-refractivity contribution in [1.29, 1.82) is 0 Å². The third kappa shape index (κ3) is 0.927. The van der Waals surface area contributed by atoms with Crippen molar-refractivity contribution in [3.05, 3.63) is 0 Å². The van der Waals surface area contributed by atoms with E-state index in [2.05, 4.69) is 58.9 Å². The SMILES string of the molecule is C[Si](C)(C)[Se]12([Si](C)(C)C)([Si](C)(C)C)OP(=O)(O1)O2. The summed E-state index contributed by atoms with van der Waals surface area (Å²) in [6.45, 7) is 14.9. The molecule has 0 aromatic rings. The van der Waals surface area contributed by atoms with Crippen molar-refractivity contribution in [2.75, 3.05) is 0 Å². The molecule has 110 valence electrons. The van der Waals surface area contributed by atoms with E-state index in [1.54, 1.807) is 0 Å². The van der Waals surface area contributed by atoms with Crippen molar-refractivity contribution in [2.24, 2.45) is 0 Å². The van der Waals surface area contributed by atoms with E-state index in [0.717, 1.165) is 0 Å². The Morgan fingerprint density at radius 1 is 0.667 bits per heavy atom. The minimum atomic E-state index is -4.14. The van der Waals surface area contributed by atoms with E-state index in [-0.39, 0.29) is 0 Å². The van der Waals surface area contributed by atoms with Crippen LogP contribution in [-0.2, 0) is 15.4 Å². The van der Waals surface area contributed by atoms with Gasteiger partial charge in [-0.2, -0.15) is 0 Å². The maximum atomic E-state index is 12.1. The Balaban J connectivity index is 2.91. The van der Waals surface area contributed by atoms with Crippen LogP contribution in [0.15, 0.2) is 0 Å². The summed E-state index contributed by atoms with van der Waals surface area (Å²) >= 11 is 0. The fourth-order valence-corrected chi connectivity index (χ4v) is 199. The molecule has 0 aromatic carbocycles. The van der Waals surface area contributed by atoms with E-state index in [1.165, 1.54) is 0 Å². The van der Waals surface area contributed by atoms with Gasteiger partial charge >= 0.3 is 112 Å². The van der Waals surface area contributed by atoms with Crippen LogP contribution in [0.25, 0.3) is 0 Å². The predicted molar refractivity (Wildman–Crippen MR) is 86.7 cm³/mol. The summed E-state index contributed by atoms with van der Waals surface area (Å²) < 4.78 is 31.1. The standard InChI is InChI=1S/C9H27O4PSeSi3/c1-16(2,3)15(17(4,5)6,18(7,8)9)11-14(10,12-15)13-15/h1-9H3. The second-order valence-corrected chi connectivity index (χ2v) is 74.0. The summed E-state index contributed by atoms with van der Waals surface area (Å²) in [6.07, 6.45) is 0. The van der Waals surface area contributed by atoms with Gasteiger partial charge in [-0.1, -0.05) is 0 Å². The molecule has 0 aliphatic carbocycles. The summed E-state index contributed by atoms with van der Waals surface area (Å²) in [5, 5.41) is 0. The molecule has 0 spiro atoms. The molecule has 3 heterocycles. The summed E-state index contributed by atoms with van der Waals surface area (Å²) in [4.78, 5) is 0. The van der Waals surface area contributed by atoms with E-state index in [1.807, 2.05) is 0 Å². The molecule has 0 radical (unpaired) electrons. The molecule has 18 heavy (non-hydrogen) atoms. The summed E-state index contributed by atoms with van der Waals surface area (Å²) in [7, 11) is -7.27. The fourth-order valence-electron chi connectivity index (χ4n) is 4.41. The van der Waals surface area contributed by atoms with Crippen LogP contribution in [-0.4, -0.2) is 29.8 Å². The van der Waals surface area contributed by atoms with Gasteiger partial charge in [0.05, 0.1) is 0 Å². The Kier molecular flexibility index (Phi) is 2.54. The van der Waals surface area contributed by atoms with Crippen LogP contribution in [0.1, 0.15) is 0 Å². The Hall–Kier alpha value is 1.28.